The number of hydrogen-bond acceptors (Lipinski definition) is 5. The fraction of sp³-hybridized carbons (Fsp3) is 0.571. The molecule has 6 nitrogen and oxygen atoms in total. The molecule has 2 rings (SSSR count). The average molecular weight is 297 g/mol. The summed E-state index contributed by atoms with van der Waals surface area (Å²) in [5.41, 5.74) is -0.141. The van der Waals surface area contributed by atoms with Crippen LogP contribution in [0.2, 0.25) is 0 Å². The molecule has 0 unspecified atom stereocenters. The van der Waals surface area contributed by atoms with Crippen molar-refractivity contribution in [2.75, 3.05) is 32.1 Å². The predicted octanol–water partition coefficient (Wildman–Crippen LogP) is 2.64. The Hall–Kier alpha value is -1.89. The molecule has 0 aliphatic heterocycles. The van der Waals surface area contributed by atoms with Crippen LogP contribution >= 0.6 is 0 Å². The summed E-state index contributed by atoms with van der Waals surface area (Å²) < 4.78 is 18.8. The van der Waals surface area contributed by atoms with Gasteiger partial charge in [-0.2, -0.15) is 0 Å². The fourth-order valence-electron chi connectivity index (χ4n) is 2.36. The largest absolute Gasteiger partial charge is 0.490 e. The minimum absolute atomic E-state index is 0.0541. The van der Waals surface area contributed by atoms with Crippen LogP contribution < -0.4 is 10.1 Å². The van der Waals surface area contributed by atoms with Gasteiger partial charge in [-0.3, -0.25) is 15.0 Å². The van der Waals surface area contributed by atoms with Crippen molar-refractivity contribution in [3.63, 3.8) is 0 Å². The first-order valence-corrected chi connectivity index (χ1v) is 7.06. The number of nitro benzene ring substituents is 1. The number of halogens is 1. The van der Waals surface area contributed by atoms with Crippen LogP contribution in [0.1, 0.15) is 19.8 Å². The maximum absolute atomic E-state index is 13.9. The van der Waals surface area contributed by atoms with E-state index in [1.165, 1.54) is 26.0 Å². The molecule has 1 aliphatic rings. The summed E-state index contributed by atoms with van der Waals surface area (Å²) in [7, 11) is 1.33. The van der Waals surface area contributed by atoms with Crippen LogP contribution in [0.5, 0.6) is 5.75 Å². The van der Waals surface area contributed by atoms with Crippen LogP contribution in [-0.2, 0) is 0 Å². The molecular formula is C14H20FN3O3. The molecule has 1 aromatic carbocycles. The summed E-state index contributed by atoms with van der Waals surface area (Å²) in [4.78, 5) is 12.5. The van der Waals surface area contributed by atoms with E-state index in [1.807, 2.05) is 0 Å². The molecule has 1 aliphatic carbocycles. The lowest BCUT2D eigenvalue weighted by atomic mass is 10.2. The monoisotopic (exact) mass is 297 g/mol. The zero-order chi connectivity index (χ0) is 15.4. The lowest BCUT2D eigenvalue weighted by molar-refractivity contribution is -0.385. The zero-order valence-electron chi connectivity index (χ0n) is 12.3. The third kappa shape index (κ3) is 3.81. The van der Waals surface area contributed by atoms with Crippen LogP contribution in [0.25, 0.3) is 0 Å². The molecule has 0 amide bonds. The summed E-state index contributed by atoms with van der Waals surface area (Å²) in [5.74, 6) is -0.588. The number of anilines is 1. The van der Waals surface area contributed by atoms with Gasteiger partial charge in [0.25, 0.3) is 0 Å². The van der Waals surface area contributed by atoms with Gasteiger partial charge in [0.15, 0.2) is 11.6 Å². The number of likely N-dealkylation sites (N-methyl/N-ethyl adjacent to an activating group) is 1. The van der Waals surface area contributed by atoms with Gasteiger partial charge in [-0.25, -0.2) is 4.39 Å². The lowest BCUT2D eigenvalue weighted by Gasteiger charge is -2.20. The van der Waals surface area contributed by atoms with Crippen molar-refractivity contribution in [1.82, 2.24) is 4.90 Å². The Morgan fingerprint density at radius 2 is 2.24 bits per heavy atom. The van der Waals surface area contributed by atoms with Crippen LogP contribution in [0, 0.1) is 15.9 Å². The van der Waals surface area contributed by atoms with E-state index < -0.39 is 10.7 Å². The van der Waals surface area contributed by atoms with E-state index in [0.29, 0.717) is 12.6 Å². The highest BCUT2D eigenvalue weighted by Crippen LogP contribution is 2.32. The first-order valence-electron chi connectivity index (χ1n) is 7.06. The minimum Gasteiger partial charge on any atom is -0.490 e. The van der Waals surface area contributed by atoms with Gasteiger partial charge < -0.3 is 10.1 Å². The van der Waals surface area contributed by atoms with Crippen LogP contribution in [0.4, 0.5) is 15.8 Å². The molecule has 0 spiro atoms. The van der Waals surface area contributed by atoms with E-state index in [2.05, 4.69) is 17.1 Å². The molecule has 1 saturated carbocycles. The zero-order valence-corrected chi connectivity index (χ0v) is 12.3. The molecule has 0 atom stereocenters. The van der Waals surface area contributed by atoms with Crippen molar-refractivity contribution < 1.29 is 14.1 Å². The van der Waals surface area contributed by atoms with Crippen LogP contribution in [-0.4, -0.2) is 42.6 Å². The highest BCUT2D eigenvalue weighted by molar-refractivity contribution is 5.59. The number of ether oxygens (including phenoxy) is 1. The smallest absolute Gasteiger partial charge is 0.313 e. The van der Waals surface area contributed by atoms with Gasteiger partial charge in [-0.15, -0.1) is 0 Å². The number of methoxy groups -OCH3 is 1. The fourth-order valence-corrected chi connectivity index (χ4v) is 2.36. The molecule has 21 heavy (non-hydrogen) atoms. The highest BCUT2D eigenvalue weighted by atomic mass is 19.1. The number of nitrogens with zero attached hydrogens (tertiary/aromatic N) is 2. The van der Waals surface area contributed by atoms with Gasteiger partial charge in [0.2, 0.25) is 0 Å². The van der Waals surface area contributed by atoms with Crippen molar-refractivity contribution in [3.05, 3.63) is 28.1 Å². The average Bonchev–Trinajstić information content (AvgIpc) is 3.29. The molecule has 0 aromatic heterocycles. The summed E-state index contributed by atoms with van der Waals surface area (Å²) >= 11 is 0. The molecule has 116 valence electrons. The number of nitrogens with one attached hydrogen (secondary N) is 1. The third-order valence-corrected chi connectivity index (χ3v) is 3.65. The molecule has 1 aromatic rings. The SMILES string of the molecule is CCN(CCNc1cc(OC)c([N+](=O)[O-])cc1F)C1CC1. The standard InChI is InChI=1S/C14H20FN3O3/c1-3-17(10-4-5-10)7-6-16-12-9-14(21-2)13(18(19)20)8-11(12)15/h8-10,16H,3-7H2,1-2H3. The number of hydrogen-bond donors (Lipinski definition) is 1. The predicted molar refractivity (Wildman–Crippen MR) is 78.4 cm³/mol. The first-order chi connectivity index (χ1) is 10.1. The van der Waals surface area contributed by atoms with Gasteiger partial charge in [0.05, 0.1) is 23.8 Å². The van der Waals surface area contributed by atoms with E-state index >= 15 is 0 Å². The van der Waals surface area contributed by atoms with Crippen molar-refractivity contribution in [2.24, 2.45) is 0 Å². The topological polar surface area (TPSA) is 67.6 Å². The first kappa shape index (κ1) is 15.5. The van der Waals surface area contributed by atoms with Gasteiger partial charge in [0.1, 0.15) is 0 Å². The van der Waals surface area contributed by atoms with Crippen LogP contribution in [0.15, 0.2) is 12.1 Å². The Kier molecular flexibility index (Phi) is 4.95. The Bertz CT molecular complexity index is 520. The van der Waals surface area contributed by atoms with Crippen molar-refractivity contribution in [2.45, 2.75) is 25.8 Å². The minimum atomic E-state index is -0.655. The molecule has 1 N–H and O–H groups in total. The van der Waals surface area contributed by atoms with Gasteiger partial charge in [-0.05, 0) is 19.4 Å². The van der Waals surface area contributed by atoms with Gasteiger partial charge in [-0.1, -0.05) is 6.92 Å². The second-order valence-corrected chi connectivity index (χ2v) is 5.05. The molecule has 1 fully saturated rings. The van der Waals surface area contributed by atoms with E-state index in [0.717, 1.165) is 19.2 Å². The Morgan fingerprint density at radius 1 is 1.52 bits per heavy atom. The molecule has 7 heteroatoms. The lowest BCUT2D eigenvalue weighted by Crippen LogP contribution is -2.31. The van der Waals surface area contributed by atoms with E-state index in [-0.39, 0.29) is 17.1 Å². The Labute approximate surface area is 123 Å². The van der Waals surface area contributed by atoms with Crippen molar-refractivity contribution in [3.8, 4) is 5.75 Å². The number of nitro groups is 1. The van der Waals surface area contributed by atoms with Gasteiger partial charge in [0, 0.05) is 25.2 Å². The van der Waals surface area contributed by atoms with E-state index in [4.69, 9.17) is 4.74 Å². The second-order valence-electron chi connectivity index (χ2n) is 5.05. The van der Waals surface area contributed by atoms with Crippen molar-refractivity contribution in [1.29, 1.82) is 0 Å². The molecule has 0 heterocycles. The van der Waals surface area contributed by atoms with Gasteiger partial charge >= 0.3 is 5.69 Å². The molecule has 0 bridgehead atoms. The maximum Gasteiger partial charge on any atom is 0.313 e. The molecule has 0 radical (unpaired) electrons. The summed E-state index contributed by atoms with van der Waals surface area (Å²) in [6, 6.07) is 2.88. The van der Waals surface area contributed by atoms with Crippen LogP contribution in [0.3, 0.4) is 0 Å². The second kappa shape index (κ2) is 6.71. The summed E-state index contributed by atoms with van der Waals surface area (Å²) in [6.07, 6.45) is 2.46. The highest BCUT2D eigenvalue weighted by Gasteiger charge is 2.27. The summed E-state index contributed by atoms with van der Waals surface area (Å²) in [6.45, 7) is 4.48. The number of rotatable bonds is 8. The number of benzene rings is 1. The normalized spacial score (nSPS) is 14.3. The molecular weight excluding hydrogens is 277 g/mol. The quantitative estimate of drug-likeness (QED) is 0.590. The third-order valence-electron chi connectivity index (χ3n) is 3.65. The summed E-state index contributed by atoms with van der Waals surface area (Å²) in [5, 5.41) is 13.8. The maximum atomic E-state index is 13.9. The Morgan fingerprint density at radius 3 is 2.76 bits per heavy atom. The van der Waals surface area contributed by atoms with Crippen molar-refractivity contribution >= 4 is 11.4 Å². The van der Waals surface area contributed by atoms with E-state index in [1.54, 1.807) is 0 Å². The molecule has 0 saturated heterocycles. The Balaban J connectivity index is 2.00. The van der Waals surface area contributed by atoms with E-state index in [9.17, 15) is 14.5 Å².